The third kappa shape index (κ3) is 4.04. The number of alkyl halides is 3. The van der Waals surface area contributed by atoms with Gasteiger partial charge in [-0.2, -0.15) is 13.2 Å². The third-order valence-electron chi connectivity index (χ3n) is 3.32. The first kappa shape index (κ1) is 16.0. The molecule has 1 N–H and O–H groups in total. The van der Waals surface area contributed by atoms with Crippen molar-refractivity contribution in [2.45, 2.75) is 38.5 Å². The van der Waals surface area contributed by atoms with Gasteiger partial charge in [-0.15, -0.1) is 11.3 Å². The summed E-state index contributed by atoms with van der Waals surface area (Å²) in [6, 6.07) is 5.32. The number of nitrogens with zero attached hydrogens (tertiary/aromatic N) is 1. The monoisotopic (exact) mass is 314 g/mol. The molecule has 114 valence electrons. The number of aromatic nitrogens is 1. The topological polar surface area (TPSA) is 24.9 Å². The van der Waals surface area contributed by atoms with Gasteiger partial charge < -0.3 is 5.32 Å². The largest absolute Gasteiger partial charge is 0.416 e. The van der Waals surface area contributed by atoms with Crippen molar-refractivity contribution in [3.8, 4) is 0 Å². The van der Waals surface area contributed by atoms with Crippen LogP contribution in [0.3, 0.4) is 0 Å². The fourth-order valence-corrected chi connectivity index (χ4v) is 2.93. The first-order valence-corrected chi connectivity index (χ1v) is 7.62. The van der Waals surface area contributed by atoms with E-state index in [4.69, 9.17) is 0 Å². The molecule has 0 spiro atoms. The van der Waals surface area contributed by atoms with Gasteiger partial charge in [-0.3, -0.25) is 0 Å². The summed E-state index contributed by atoms with van der Waals surface area (Å²) in [5.41, 5.74) is 0.00998. The van der Waals surface area contributed by atoms with Gasteiger partial charge in [-0.05, 0) is 31.0 Å². The molecule has 2 unspecified atom stereocenters. The van der Waals surface area contributed by atoms with Gasteiger partial charge in [0, 0.05) is 17.6 Å². The molecule has 2 rings (SSSR count). The molecule has 0 radical (unpaired) electrons. The first-order valence-electron chi connectivity index (χ1n) is 6.74. The van der Waals surface area contributed by atoms with Crippen molar-refractivity contribution in [1.29, 1.82) is 0 Å². The van der Waals surface area contributed by atoms with Crippen LogP contribution in [0, 0.1) is 0 Å². The van der Waals surface area contributed by atoms with Crippen LogP contribution in [-0.2, 0) is 6.18 Å². The Hall–Kier alpha value is -1.40. The van der Waals surface area contributed by atoms with Crippen LogP contribution in [0.4, 0.5) is 13.2 Å². The van der Waals surface area contributed by atoms with E-state index in [1.165, 1.54) is 12.1 Å². The van der Waals surface area contributed by atoms with E-state index in [2.05, 4.69) is 10.3 Å². The van der Waals surface area contributed by atoms with E-state index in [0.717, 1.165) is 17.5 Å². The summed E-state index contributed by atoms with van der Waals surface area (Å²) < 4.78 is 38.3. The standard InChI is InChI=1S/C15H17F3N2S/c1-3-13(14-19-7-8-21-14)20-10(2)11-5-4-6-12(9-11)15(16,17)18/h4-10,13,20H,3H2,1-2H3. The van der Waals surface area contributed by atoms with Crippen molar-refractivity contribution in [3.05, 3.63) is 52.0 Å². The lowest BCUT2D eigenvalue weighted by atomic mass is 10.0. The van der Waals surface area contributed by atoms with Gasteiger partial charge >= 0.3 is 6.18 Å². The Labute approximate surface area is 126 Å². The Balaban J connectivity index is 2.14. The maximum absolute atomic E-state index is 12.8. The van der Waals surface area contributed by atoms with Crippen LogP contribution in [0.1, 0.15) is 48.5 Å². The molecule has 0 saturated carbocycles. The molecule has 0 aliphatic rings. The van der Waals surface area contributed by atoms with Crippen LogP contribution in [0.15, 0.2) is 35.8 Å². The van der Waals surface area contributed by atoms with Crippen molar-refractivity contribution >= 4 is 11.3 Å². The average Bonchev–Trinajstić information content (AvgIpc) is 2.97. The van der Waals surface area contributed by atoms with Crippen molar-refractivity contribution in [1.82, 2.24) is 10.3 Å². The number of benzene rings is 1. The molecule has 1 aromatic carbocycles. The van der Waals surface area contributed by atoms with Gasteiger partial charge in [-0.1, -0.05) is 19.1 Å². The Morgan fingerprint density at radius 2 is 2.10 bits per heavy atom. The molecule has 2 atom stereocenters. The van der Waals surface area contributed by atoms with E-state index in [1.807, 2.05) is 19.2 Å². The highest BCUT2D eigenvalue weighted by Crippen LogP contribution is 2.31. The smallest absolute Gasteiger partial charge is 0.301 e. The van der Waals surface area contributed by atoms with Crippen LogP contribution < -0.4 is 5.32 Å². The van der Waals surface area contributed by atoms with Crippen molar-refractivity contribution in [2.75, 3.05) is 0 Å². The maximum Gasteiger partial charge on any atom is 0.416 e. The van der Waals surface area contributed by atoms with Crippen LogP contribution in [-0.4, -0.2) is 4.98 Å². The highest BCUT2D eigenvalue weighted by Gasteiger charge is 2.30. The highest BCUT2D eigenvalue weighted by atomic mass is 32.1. The van der Waals surface area contributed by atoms with E-state index in [-0.39, 0.29) is 12.1 Å². The molecule has 0 fully saturated rings. The third-order valence-corrected chi connectivity index (χ3v) is 4.21. The predicted molar refractivity (Wildman–Crippen MR) is 78.1 cm³/mol. The molecule has 0 aliphatic carbocycles. The summed E-state index contributed by atoms with van der Waals surface area (Å²) >= 11 is 1.55. The molecular formula is C15H17F3N2S. The molecule has 0 aliphatic heterocycles. The number of rotatable bonds is 5. The second-order valence-electron chi connectivity index (χ2n) is 4.84. The van der Waals surface area contributed by atoms with Gasteiger partial charge in [0.25, 0.3) is 0 Å². The summed E-state index contributed by atoms with van der Waals surface area (Å²) in [5.74, 6) is 0. The fraction of sp³-hybridized carbons (Fsp3) is 0.400. The van der Waals surface area contributed by atoms with Gasteiger partial charge in [-0.25, -0.2) is 4.98 Å². The van der Waals surface area contributed by atoms with Gasteiger partial charge in [0.15, 0.2) is 0 Å². The van der Waals surface area contributed by atoms with E-state index in [1.54, 1.807) is 23.6 Å². The van der Waals surface area contributed by atoms with Crippen molar-refractivity contribution in [2.24, 2.45) is 0 Å². The Bertz CT molecular complexity index is 567. The van der Waals surface area contributed by atoms with Crippen LogP contribution in [0.5, 0.6) is 0 Å². The maximum atomic E-state index is 12.8. The zero-order valence-electron chi connectivity index (χ0n) is 11.8. The van der Waals surface area contributed by atoms with Gasteiger partial charge in [0.1, 0.15) is 5.01 Å². The number of hydrogen-bond acceptors (Lipinski definition) is 3. The quantitative estimate of drug-likeness (QED) is 0.843. The molecule has 6 heteroatoms. The second kappa shape index (κ2) is 6.58. The SMILES string of the molecule is CCC(NC(C)c1cccc(C(F)(F)F)c1)c1nccs1. The molecule has 1 heterocycles. The minimum atomic E-state index is -4.31. The molecule has 21 heavy (non-hydrogen) atoms. The predicted octanol–water partition coefficient (Wildman–Crippen LogP) is 4.96. The number of nitrogens with one attached hydrogen (secondary N) is 1. The molecule has 0 saturated heterocycles. The Morgan fingerprint density at radius 3 is 2.67 bits per heavy atom. The minimum Gasteiger partial charge on any atom is -0.301 e. The zero-order chi connectivity index (χ0) is 15.5. The summed E-state index contributed by atoms with van der Waals surface area (Å²) in [7, 11) is 0. The lowest BCUT2D eigenvalue weighted by Crippen LogP contribution is -2.24. The van der Waals surface area contributed by atoms with Crippen LogP contribution >= 0.6 is 11.3 Å². The highest BCUT2D eigenvalue weighted by molar-refractivity contribution is 7.09. The summed E-state index contributed by atoms with van der Waals surface area (Å²) in [5, 5.41) is 6.20. The number of thiazole rings is 1. The molecular weight excluding hydrogens is 297 g/mol. The van der Waals surface area contributed by atoms with E-state index in [0.29, 0.717) is 5.56 Å². The van der Waals surface area contributed by atoms with Crippen LogP contribution in [0.2, 0.25) is 0 Å². The lowest BCUT2D eigenvalue weighted by Gasteiger charge is -2.21. The summed E-state index contributed by atoms with van der Waals surface area (Å²) in [4.78, 5) is 4.27. The molecule has 0 amide bonds. The zero-order valence-corrected chi connectivity index (χ0v) is 12.6. The van der Waals surface area contributed by atoms with Gasteiger partial charge in [0.2, 0.25) is 0 Å². The molecule has 1 aromatic heterocycles. The fourth-order valence-electron chi connectivity index (χ4n) is 2.15. The Kier molecular flexibility index (Phi) is 5.00. The molecule has 2 nitrogen and oxygen atoms in total. The van der Waals surface area contributed by atoms with Gasteiger partial charge in [0.05, 0.1) is 11.6 Å². The van der Waals surface area contributed by atoms with E-state index < -0.39 is 11.7 Å². The summed E-state index contributed by atoms with van der Waals surface area (Å²) in [6.07, 6.45) is -1.74. The van der Waals surface area contributed by atoms with E-state index in [9.17, 15) is 13.2 Å². The van der Waals surface area contributed by atoms with E-state index >= 15 is 0 Å². The summed E-state index contributed by atoms with van der Waals surface area (Å²) in [6.45, 7) is 3.89. The number of hydrogen-bond donors (Lipinski definition) is 1. The minimum absolute atomic E-state index is 0.0505. The lowest BCUT2D eigenvalue weighted by molar-refractivity contribution is -0.137. The molecule has 2 aromatic rings. The van der Waals surface area contributed by atoms with Crippen LogP contribution in [0.25, 0.3) is 0 Å². The van der Waals surface area contributed by atoms with Crippen molar-refractivity contribution in [3.63, 3.8) is 0 Å². The average molecular weight is 314 g/mol. The van der Waals surface area contributed by atoms with Crippen molar-refractivity contribution < 1.29 is 13.2 Å². The first-order chi connectivity index (χ1) is 9.91. The second-order valence-corrected chi connectivity index (χ2v) is 5.77. The number of halogens is 3. The normalized spacial score (nSPS) is 14.9. The molecule has 0 bridgehead atoms. The Morgan fingerprint density at radius 1 is 1.33 bits per heavy atom.